The van der Waals surface area contributed by atoms with Crippen LogP contribution in [0.15, 0.2) is 12.4 Å². The summed E-state index contributed by atoms with van der Waals surface area (Å²) >= 11 is 0. The van der Waals surface area contributed by atoms with Crippen LogP contribution in [0.3, 0.4) is 0 Å². The van der Waals surface area contributed by atoms with Crippen LogP contribution in [0.25, 0.3) is 0 Å². The lowest BCUT2D eigenvalue weighted by molar-refractivity contribution is 0.147. The van der Waals surface area contributed by atoms with E-state index in [1.807, 2.05) is 13.8 Å². The standard InChI is InChI=1S/C11H19N3O/c1-4-15-8-7-13-10(3)11-9(2)12-5-6-14-11/h5-6,10,13H,4,7-8H2,1-3H3. The quantitative estimate of drug-likeness (QED) is 0.721. The minimum Gasteiger partial charge on any atom is -0.380 e. The van der Waals surface area contributed by atoms with Crippen LogP contribution in [-0.2, 0) is 4.74 Å². The summed E-state index contributed by atoms with van der Waals surface area (Å²) < 4.78 is 5.25. The molecule has 0 spiro atoms. The first-order valence-electron chi connectivity index (χ1n) is 5.34. The average Bonchev–Trinajstić information content (AvgIpc) is 2.25. The number of ether oxygens (including phenoxy) is 1. The molecule has 1 atom stereocenters. The van der Waals surface area contributed by atoms with E-state index in [4.69, 9.17) is 4.74 Å². The molecular weight excluding hydrogens is 190 g/mol. The van der Waals surface area contributed by atoms with Crippen LogP contribution in [-0.4, -0.2) is 29.7 Å². The maximum Gasteiger partial charge on any atom is 0.0782 e. The van der Waals surface area contributed by atoms with E-state index < -0.39 is 0 Å². The van der Waals surface area contributed by atoms with Gasteiger partial charge in [0, 0.05) is 31.6 Å². The third kappa shape index (κ3) is 3.93. The number of nitrogens with zero attached hydrogens (tertiary/aromatic N) is 2. The highest BCUT2D eigenvalue weighted by atomic mass is 16.5. The smallest absolute Gasteiger partial charge is 0.0782 e. The topological polar surface area (TPSA) is 47.0 Å². The molecule has 15 heavy (non-hydrogen) atoms. The van der Waals surface area contributed by atoms with Gasteiger partial charge in [-0.3, -0.25) is 9.97 Å². The predicted molar refractivity (Wildman–Crippen MR) is 59.7 cm³/mol. The molecule has 0 bridgehead atoms. The van der Waals surface area contributed by atoms with E-state index in [-0.39, 0.29) is 6.04 Å². The van der Waals surface area contributed by atoms with Gasteiger partial charge in [-0.2, -0.15) is 0 Å². The number of aromatic nitrogens is 2. The lowest BCUT2D eigenvalue weighted by Gasteiger charge is -2.14. The minimum atomic E-state index is 0.221. The Bertz CT molecular complexity index is 291. The third-order valence-electron chi connectivity index (χ3n) is 2.23. The van der Waals surface area contributed by atoms with Gasteiger partial charge < -0.3 is 10.1 Å². The summed E-state index contributed by atoms with van der Waals surface area (Å²) in [5.41, 5.74) is 1.99. The predicted octanol–water partition coefficient (Wildman–Crippen LogP) is 1.47. The van der Waals surface area contributed by atoms with Crippen LogP contribution in [0, 0.1) is 6.92 Å². The molecule has 0 saturated heterocycles. The normalized spacial score (nSPS) is 12.7. The number of rotatable bonds is 6. The lowest BCUT2D eigenvalue weighted by atomic mass is 10.2. The maximum absolute atomic E-state index is 5.25. The second-order valence-corrected chi connectivity index (χ2v) is 3.40. The lowest BCUT2D eigenvalue weighted by Crippen LogP contribution is -2.24. The maximum atomic E-state index is 5.25. The second kappa shape index (κ2) is 6.48. The molecule has 0 fully saturated rings. The number of hydrogen-bond acceptors (Lipinski definition) is 4. The zero-order valence-electron chi connectivity index (χ0n) is 9.66. The molecule has 1 heterocycles. The van der Waals surface area contributed by atoms with Crippen LogP contribution in [0.5, 0.6) is 0 Å². The summed E-state index contributed by atoms with van der Waals surface area (Å²) in [6.07, 6.45) is 3.44. The van der Waals surface area contributed by atoms with Gasteiger partial charge in [0.15, 0.2) is 0 Å². The molecule has 1 aromatic heterocycles. The molecule has 0 radical (unpaired) electrons. The van der Waals surface area contributed by atoms with Crippen LogP contribution in [0.2, 0.25) is 0 Å². The molecule has 1 aromatic rings. The Morgan fingerprint density at radius 3 is 2.80 bits per heavy atom. The Kier molecular flexibility index (Phi) is 5.21. The molecule has 1 N–H and O–H groups in total. The molecule has 84 valence electrons. The number of nitrogens with one attached hydrogen (secondary N) is 1. The van der Waals surface area contributed by atoms with Crippen molar-refractivity contribution < 1.29 is 4.74 Å². The zero-order valence-corrected chi connectivity index (χ0v) is 9.66. The van der Waals surface area contributed by atoms with Gasteiger partial charge in [0.1, 0.15) is 0 Å². The molecule has 0 saturated carbocycles. The van der Waals surface area contributed by atoms with E-state index in [0.717, 1.165) is 31.1 Å². The van der Waals surface area contributed by atoms with Gasteiger partial charge in [0.05, 0.1) is 18.0 Å². The number of aryl methyl sites for hydroxylation is 1. The van der Waals surface area contributed by atoms with Crippen molar-refractivity contribution in [3.63, 3.8) is 0 Å². The molecule has 0 aliphatic heterocycles. The van der Waals surface area contributed by atoms with Gasteiger partial charge in [-0.1, -0.05) is 0 Å². The summed E-state index contributed by atoms with van der Waals surface area (Å²) in [5.74, 6) is 0. The Morgan fingerprint density at radius 1 is 1.40 bits per heavy atom. The van der Waals surface area contributed by atoms with Crippen molar-refractivity contribution in [1.29, 1.82) is 0 Å². The first-order valence-corrected chi connectivity index (χ1v) is 5.34. The van der Waals surface area contributed by atoms with Gasteiger partial charge >= 0.3 is 0 Å². The summed E-state index contributed by atoms with van der Waals surface area (Å²) in [6, 6.07) is 0.221. The van der Waals surface area contributed by atoms with Crippen molar-refractivity contribution >= 4 is 0 Å². The van der Waals surface area contributed by atoms with Crippen LogP contribution in [0.4, 0.5) is 0 Å². The van der Waals surface area contributed by atoms with Gasteiger partial charge in [0.2, 0.25) is 0 Å². The van der Waals surface area contributed by atoms with E-state index >= 15 is 0 Å². The molecule has 4 nitrogen and oxygen atoms in total. The molecule has 0 aliphatic carbocycles. The highest BCUT2D eigenvalue weighted by Gasteiger charge is 2.08. The Hall–Kier alpha value is -1.00. The summed E-state index contributed by atoms with van der Waals surface area (Å²) in [4.78, 5) is 8.52. The Labute approximate surface area is 91.1 Å². The van der Waals surface area contributed by atoms with Crippen molar-refractivity contribution in [1.82, 2.24) is 15.3 Å². The fraction of sp³-hybridized carbons (Fsp3) is 0.636. The fourth-order valence-electron chi connectivity index (χ4n) is 1.43. The third-order valence-corrected chi connectivity index (χ3v) is 2.23. The highest BCUT2D eigenvalue weighted by Crippen LogP contribution is 2.10. The number of hydrogen-bond donors (Lipinski definition) is 1. The molecule has 1 unspecified atom stereocenters. The van der Waals surface area contributed by atoms with Crippen LogP contribution >= 0.6 is 0 Å². The van der Waals surface area contributed by atoms with E-state index in [2.05, 4.69) is 22.2 Å². The minimum absolute atomic E-state index is 0.221. The van der Waals surface area contributed by atoms with Crippen molar-refractivity contribution in [2.45, 2.75) is 26.8 Å². The SMILES string of the molecule is CCOCCNC(C)c1nccnc1C. The van der Waals surface area contributed by atoms with Crippen molar-refractivity contribution in [3.8, 4) is 0 Å². The summed E-state index contributed by atoms with van der Waals surface area (Å²) in [5, 5.41) is 3.35. The highest BCUT2D eigenvalue weighted by molar-refractivity contribution is 5.12. The second-order valence-electron chi connectivity index (χ2n) is 3.40. The van der Waals surface area contributed by atoms with Gasteiger partial charge in [0.25, 0.3) is 0 Å². The van der Waals surface area contributed by atoms with Gasteiger partial charge in [-0.25, -0.2) is 0 Å². The van der Waals surface area contributed by atoms with Crippen molar-refractivity contribution in [2.75, 3.05) is 19.8 Å². The molecule has 0 aliphatic rings. The van der Waals surface area contributed by atoms with Crippen molar-refractivity contribution in [3.05, 3.63) is 23.8 Å². The van der Waals surface area contributed by atoms with Gasteiger partial charge in [-0.05, 0) is 20.8 Å². The molecule has 0 aromatic carbocycles. The van der Waals surface area contributed by atoms with E-state index in [0.29, 0.717) is 0 Å². The molecular formula is C11H19N3O. The first-order chi connectivity index (χ1) is 7.25. The van der Waals surface area contributed by atoms with Crippen molar-refractivity contribution in [2.24, 2.45) is 0 Å². The zero-order chi connectivity index (χ0) is 11.1. The van der Waals surface area contributed by atoms with E-state index in [1.165, 1.54) is 0 Å². The fourth-order valence-corrected chi connectivity index (χ4v) is 1.43. The monoisotopic (exact) mass is 209 g/mol. The molecule has 0 amide bonds. The molecule has 4 heteroatoms. The average molecular weight is 209 g/mol. The van der Waals surface area contributed by atoms with Crippen LogP contribution < -0.4 is 5.32 Å². The summed E-state index contributed by atoms with van der Waals surface area (Å²) in [7, 11) is 0. The first kappa shape index (κ1) is 12.1. The largest absolute Gasteiger partial charge is 0.380 e. The Morgan fingerprint density at radius 2 is 2.13 bits per heavy atom. The van der Waals surface area contributed by atoms with E-state index in [1.54, 1.807) is 12.4 Å². The Balaban J connectivity index is 2.40. The van der Waals surface area contributed by atoms with Gasteiger partial charge in [-0.15, -0.1) is 0 Å². The molecule has 1 rings (SSSR count). The van der Waals surface area contributed by atoms with Crippen LogP contribution in [0.1, 0.15) is 31.3 Å². The summed E-state index contributed by atoms with van der Waals surface area (Å²) in [6.45, 7) is 8.40. The van der Waals surface area contributed by atoms with E-state index in [9.17, 15) is 0 Å².